The summed E-state index contributed by atoms with van der Waals surface area (Å²) in [5.74, 6) is -0.665. The topological polar surface area (TPSA) is 86.8 Å². The van der Waals surface area contributed by atoms with Crippen molar-refractivity contribution < 1.29 is 18.0 Å². The van der Waals surface area contributed by atoms with Crippen LogP contribution >= 0.6 is 23.2 Å². The summed E-state index contributed by atoms with van der Waals surface area (Å²) in [4.78, 5) is 28.8. The number of carbonyl (C=O) groups excluding carboxylic acids is 2. The van der Waals surface area contributed by atoms with E-state index in [9.17, 15) is 18.0 Å². The monoisotopic (exact) mass is 533 g/mol. The zero-order valence-corrected chi connectivity index (χ0v) is 21.4. The first-order chi connectivity index (χ1) is 16.6. The summed E-state index contributed by atoms with van der Waals surface area (Å²) in [7, 11) is -2.30. The average molecular weight is 534 g/mol. The molecule has 184 valence electrons. The molecule has 7 nitrogen and oxygen atoms in total. The van der Waals surface area contributed by atoms with E-state index in [1.807, 2.05) is 18.2 Å². The van der Waals surface area contributed by atoms with Crippen molar-refractivity contribution in [1.82, 2.24) is 14.5 Å². The van der Waals surface area contributed by atoms with Crippen molar-refractivity contribution in [3.8, 4) is 0 Å². The van der Waals surface area contributed by atoms with Gasteiger partial charge in [-0.05, 0) is 59.5 Å². The first-order valence-corrected chi connectivity index (χ1v) is 13.4. The highest BCUT2D eigenvalue weighted by Crippen LogP contribution is 2.24. The van der Waals surface area contributed by atoms with Gasteiger partial charge in [0.15, 0.2) is 0 Å². The molecule has 1 aliphatic rings. The second kappa shape index (κ2) is 10.5. The zero-order valence-electron chi connectivity index (χ0n) is 19.1. The normalized spacial score (nSPS) is 16.5. The first kappa shape index (κ1) is 25.4. The van der Waals surface area contributed by atoms with Gasteiger partial charge < -0.3 is 9.80 Å². The molecule has 0 aliphatic carbocycles. The van der Waals surface area contributed by atoms with Crippen LogP contribution in [0.5, 0.6) is 0 Å². The Bertz CT molecular complexity index is 1380. The number of amides is 2. The highest BCUT2D eigenvalue weighted by molar-refractivity contribution is 7.89. The number of benzene rings is 3. The number of sulfonamides is 1. The van der Waals surface area contributed by atoms with E-state index in [0.717, 1.165) is 16.3 Å². The second-order valence-electron chi connectivity index (χ2n) is 8.57. The molecule has 0 bridgehead atoms. The van der Waals surface area contributed by atoms with Crippen molar-refractivity contribution in [2.45, 2.75) is 30.3 Å². The van der Waals surface area contributed by atoms with Crippen molar-refractivity contribution in [2.75, 3.05) is 20.1 Å². The van der Waals surface area contributed by atoms with Crippen LogP contribution < -0.4 is 4.72 Å². The van der Waals surface area contributed by atoms with E-state index in [0.29, 0.717) is 36.0 Å². The quantitative estimate of drug-likeness (QED) is 0.495. The van der Waals surface area contributed by atoms with E-state index in [1.54, 1.807) is 43.4 Å². The third kappa shape index (κ3) is 5.95. The molecule has 0 saturated carbocycles. The molecule has 0 spiro atoms. The smallest absolute Gasteiger partial charge is 0.242 e. The van der Waals surface area contributed by atoms with E-state index in [2.05, 4.69) is 4.72 Å². The number of hydrogen-bond donors (Lipinski definition) is 1. The van der Waals surface area contributed by atoms with Gasteiger partial charge in [0, 0.05) is 30.2 Å². The van der Waals surface area contributed by atoms with Gasteiger partial charge in [-0.2, -0.15) is 4.72 Å². The number of likely N-dealkylation sites (tertiary alicyclic amines) is 1. The van der Waals surface area contributed by atoms with Crippen LogP contribution in [0.2, 0.25) is 10.0 Å². The molecule has 1 N–H and O–H groups in total. The Morgan fingerprint density at radius 1 is 1.09 bits per heavy atom. The zero-order chi connectivity index (χ0) is 25.2. The summed E-state index contributed by atoms with van der Waals surface area (Å²) < 4.78 is 28.6. The molecular weight excluding hydrogens is 509 g/mol. The Balaban J connectivity index is 1.42. The number of nitrogens with one attached hydrogen (secondary N) is 1. The van der Waals surface area contributed by atoms with E-state index >= 15 is 0 Å². The molecule has 1 atom stereocenters. The number of hydrogen-bond acceptors (Lipinski definition) is 4. The van der Waals surface area contributed by atoms with Gasteiger partial charge in [0.1, 0.15) is 6.04 Å². The minimum absolute atomic E-state index is 0.0628. The van der Waals surface area contributed by atoms with Gasteiger partial charge in [-0.15, -0.1) is 0 Å². The minimum atomic E-state index is -3.95. The molecule has 2 amide bonds. The van der Waals surface area contributed by atoms with E-state index in [4.69, 9.17) is 23.2 Å². The van der Waals surface area contributed by atoms with Gasteiger partial charge in [-0.25, -0.2) is 8.42 Å². The predicted octanol–water partition coefficient (Wildman–Crippen LogP) is 4.07. The number of likely N-dealkylation sites (N-methyl/N-ethyl adjacent to an activating group) is 1. The molecule has 1 fully saturated rings. The SMILES string of the molecule is CN(Cc1ccccc1Cl)C(=O)CN1CCC[C@H](NS(=O)(=O)c2ccc3cc(Cl)ccc3c2)C1=O. The maximum atomic E-state index is 13.0. The van der Waals surface area contributed by atoms with Crippen LogP contribution in [0.3, 0.4) is 0 Å². The maximum absolute atomic E-state index is 13.0. The molecular formula is C25H25Cl2N3O4S. The Hall–Kier alpha value is -2.65. The Morgan fingerprint density at radius 3 is 2.57 bits per heavy atom. The fourth-order valence-electron chi connectivity index (χ4n) is 4.08. The van der Waals surface area contributed by atoms with Gasteiger partial charge in [0.25, 0.3) is 0 Å². The molecule has 1 saturated heterocycles. The van der Waals surface area contributed by atoms with Crippen LogP contribution in [0.4, 0.5) is 0 Å². The first-order valence-electron chi connectivity index (χ1n) is 11.1. The van der Waals surface area contributed by atoms with Gasteiger partial charge >= 0.3 is 0 Å². The van der Waals surface area contributed by atoms with Gasteiger partial charge in [0.2, 0.25) is 21.8 Å². The molecule has 4 rings (SSSR count). The van der Waals surface area contributed by atoms with Gasteiger partial charge in [0.05, 0.1) is 11.4 Å². The standard InChI is InChI=1S/C25H25Cl2N3O4S/c1-29(15-19-5-2-3-6-22(19)27)24(31)16-30-12-4-7-23(25(30)32)28-35(33,34)21-11-9-17-13-20(26)10-8-18(17)14-21/h2-3,5-6,8-11,13-14,23,28H,4,7,12,15-16H2,1H3/t23-/m0/s1. The molecule has 0 aromatic heterocycles. The van der Waals surface area contributed by atoms with Crippen molar-refractivity contribution in [3.05, 3.63) is 76.3 Å². The maximum Gasteiger partial charge on any atom is 0.242 e. The summed E-state index contributed by atoms with van der Waals surface area (Å²) in [6, 6.07) is 16.2. The number of carbonyl (C=O) groups is 2. The van der Waals surface area contributed by atoms with Crippen LogP contribution in [0.1, 0.15) is 18.4 Å². The minimum Gasteiger partial charge on any atom is -0.340 e. The summed E-state index contributed by atoms with van der Waals surface area (Å²) >= 11 is 12.2. The lowest BCUT2D eigenvalue weighted by Crippen LogP contribution is -2.54. The Labute approximate surface area is 214 Å². The third-order valence-corrected chi connectivity index (χ3v) is 8.10. The molecule has 0 radical (unpaired) electrons. The molecule has 3 aromatic carbocycles. The van der Waals surface area contributed by atoms with E-state index in [1.165, 1.54) is 15.9 Å². The number of halogens is 2. The van der Waals surface area contributed by atoms with Gasteiger partial charge in [-0.3, -0.25) is 9.59 Å². The summed E-state index contributed by atoms with van der Waals surface area (Å²) in [6.07, 6.45) is 0.943. The third-order valence-electron chi connectivity index (χ3n) is 6.03. The van der Waals surface area contributed by atoms with E-state index < -0.39 is 22.0 Å². The summed E-state index contributed by atoms with van der Waals surface area (Å²) in [5.41, 5.74) is 0.804. The van der Waals surface area contributed by atoms with Crippen molar-refractivity contribution in [3.63, 3.8) is 0 Å². The van der Waals surface area contributed by atoms with Gasteiger partial charge in [-0.1, -0.05) is 53.5 Å². The van der Waals surface area contributed by atoms with Crippen LogP contribution in [0.25, 0.3) is 10.8 Å². The number of rotatable bonds is 7. The lowest BCUT2D eigenvalue weighted by atomic mass is 10.1. The van der Waals surface area contributed by atoms with E-state index in [-0.39, 0.29) is 17.3 Å². The summed E-state index contributed by atoms with van der Waals surface area (Å²) in [6.45, 7) is 0.567. The second-order valence-corrected chi connectivity index (χ2v) is 11.1. The predicted molar refractivity (Wildman–Crippen MR) is 137 cm³/mol. The molecule has 3 aromatic rings. The number of nitrogens with zero attached hydrogens (tertiary/aromatic N) is 2. The van der Waals surface area contributed by atoms with Crippen LogP contribution in [0.15, 0.2) is 65.6 Å². The highest BCUT2D eigenvalue weighted by atomic mass is 35.5. The number of fused-ring (bicyclic) bond motifs is 1. The molecule has 0 unspecified atom stereocenters. The van der Waals surface area contributed by atoms with Crippen molar-refractivity contribution >= 4 is 55.8 Å². The molecule has 1 aliphatic heterocycles. The Kier molecular flexibility index (Phi) is 7.66. The van der Waals surface area contributed by atoms with Crippen LogP contribution in [-0.2, 0) is 26.2 Å². The Morgan fingerprint density at radius 2 is 1.80 bits per heavy atom. The molecule has 1 heterocycles. The van der Waals surface area contributed by atoms with Crippen molar-refractivity contribution in [1.29, 1.82) is 0 Å². The fourth-order valence-corrected chi connectivity index (χ4v) is 5.71. The fraction of sp³-hybridized carbons (Fsp3) is 0.280. The van der Waals surface area contributed by atoms with Crippen LogP contribution in [0, 0.1) is 0 Å². The lowest BCUT2D eigenvalue weighted by molar-refractivity contribution is -0.142. The largest absolute Gasteiger partial charge is 0.340 e. The molecule has 10 heteroatoms. The molecule has 35 heavy (non-hydrogen) atoms. The average Bonchev–Trinajstić information content (AvgIpc) is 2.82. The summed E-state index contributed by atoms with van der Waals surface area (Å²) in [5, 5.41) is 2.66. The van der Waals surface area contributed by atoms with Crippen molar-refractivity contribution in [2.24, 2.45) is 0 Å². The lowest BCUT2D eigenvalue weighted by Gasteiger charge is -2.33. The van der Waals surface area contributed by atoms with Crippen LogP contribution in [-0.4, -0.2) is 56.2 Å². The number of piperidine rings is 1. The highest BCUT2D eigenvalue weighted by Gasteiger charge is 2.33.